The molecule has 0 saturated heterocycles. The summed E-state index contributed by atoms with van der Waals surface area (Å²) < 4.78 is 18.4. The number of hydrogen-bond donors (Lipinski definition) is 2. The van der Waals surface area contributed by atoms with Gasteiger partial charge in [0.15, 0.2) is 6.04 Å². The van der Waals surface area contributed by atoms with E-state index in [0.29, 0.717) is 0 Å². The van der Waals surface area contributed by atoms with Crippen molar-refractivity contribution in [2.24, 2.45) is 0 Å². The van der Waals surface area contributed by atoms with Crippen LogP contribution in [0.25, 0.3) is 0 Å². The molecule has 2 atom stereocenters. The first-order valence-electron chi connectivity index (χ1n) is 7.54. The van der Waals surface area contributed by atoms with Gasteiger partial charge in [-0.15, -0.1) is 0 Å². The molecule has 9 heteroatoms. The molecule has 25 heavy (non-hydrogen) atoms. The van der Waals surface area contributed by atoms with E-state index in [1.165, 1.54) is 13.0 Å². The van der Waals surface area contributed by atoms with Crippen LogP contribution in [-0.4, -0.2) is 39.7 Å². The molecule has 2 N–H and O–H groups in total. The Labute approximate surface area is 144 Å². The maximum absolute atomic E-state index is 13.3. The first kappa shape index (κ1) is 20.5. The molecule has 1 rings (SSSR count). The van der Waals surface area contributed by atoms with E-state index in [9.17, 15) is 29.2 Å². The molecule has 0 aliphatic rings. The van der Waals surface area contributed by atoms with Crippen molar-refractivity contribution in [1.82, 2.24) is 5.32 Å². The van der Waals surface area contributed by atoms with E-state index < -0.39 is 46.1 Å². The fourth-order valence-corrected chi connectivity index (χ4v) is 1.96. The Kier molecular flexibility index (Phi) is 6.57. The van der Waals surface area contributed by atoms with E-state index in [-0.39, 0.29) is 12.0 Å². The summed E-state index contributed by atoms with van der Waals surface area (Å²) in [6, 6.07) is 1.77. The zero-order valence-corrected chi connectivity index (χ0v) is 14.4. The molecule has 138 valence electrons. The minimum Gasteiger partial charge on any atom is -0.458 e. The number of ether oxygens (including phenoxy) is 1. The van der Waals surface area contributed by atoms with Crippen molar-refractivity contribution in [3.63, 3.8) is 0 Å². The smallest absolute Gasteiger partial charge is 0.331 e. The second-order valence-corrected chi connectivity index (χ2v) is 6.54. The predicted molar refractivity (Wildman–Crippen MR) is 86.2 cm³/mol. The number of halogens is 1. The number of aliphatic hydroxyl groups is 1. The lowest BCUT2D eigenvalue weighted by Crippen LogP contribution is -2.50. The molecule has 0 aliphatic heterocycles. The minimum absolute atomic E-state index is 0.194. The maximum Gasteiger partial charge on any atom is 0.331 e. The van der Waals surface area contributed by atoms with Crippen LogP contribution in [0.4, 0.5) is 10.1 Å². The summed E-state index contributed by atoms with van der Waals surface area (Å²) in [4.78, 5) is 33.9. The molecule has 1 amide bonds. The Bertz CT molecular complexity index is 669. The van der Waals surface area contributed by atoms with Crippen molar-refractivity contribution in [2.75, 3.05) is 0 Å². The third-order valence-corrected chi connectivity index (χ3v) is 3.03. The van der Waals surface area contributed by atoms with Crippen LogP contribution in [0.5, 0.6) is 0 Å². The maximum atomic E-state index is 13.3. The molecule has 0 spiro atoms. The summed E-state index contributed by atoms with van der Waals surface area (Å²) in [5, 5.41) is 22.7. The van der Waals surface area contributed by atoms with Gasteiger partial charge in [-0.25, -0.2) is 4.79 Å². The number of amides is 1. The molecule has 1 aromatic carbocycles. The molecule has 0 heterocycles. The van der Waals surface area contributed by atoms with E-state index in [1.54, 1.807) is 20.8 Å². The van der Waals surface area contributed by atoms with E-state index in [1.807, 2.05) is 0 Å². The Hall–Kier alpha value is -2.55. The van der Waals surface area contributed by atoms with Gasteiger partial charge in [0.05, 0.1) is 17.4 Å². The number of hydrogen-bond acceptors (Lipinski definition) is 6. The van der Waals surface area contributed by atoms with Crippen LogP contribution in [0.1, 0.15) is 33.3 Å². The van der Waals surface area contributed by atoms with Crippen LogP contribution in [0, 0.1) is 15.9 Å². The summed E-state index contributed by atoms with van der Waals surface area (Å²) in [6.45, 7) is 6.24. The normalized spacial score (nSPS) is 13.7. The first-order chi connectivity index (χ1) is 11.4. The third-order valence-electron chi connectivity index (χ3n) is 3.03. The van der Waals surface area contributed by atoms with Gasteiger partial charge >= 0.3 is 11.7 Å². The van der Waals surface area contributed by atoms with Crippen LogP contribution in [0.15, 0.2) is 18.2 Å². The molecular weight excluding hydrogens is 335 g/mol. The molecule has 0 fully saturated rings. The molecule has 0 aliphatic carbocycles. The van der Waals surface area contributed by atoms with Gasteiger partial charge in [0.25, 0.3) is 0 Å². The van der Waals surface area contributed by atoms with Gasteiger partial charge in [-0.05, 0) is 39.3 Å². The topological polar surface area (TPSA) is 119 Å². The first-order valence-corrected chi connectivity index (χ1v) is 7.54. The lowest BCUT2D eigenvalue weighted by Gasteiger charge is -2.26. The third kappa shape index (κ3) is 6.46. The number of nitrogens with zero attached hydrogens (tertiary/aromatic N) is 1. The number of nitro groups is 1. The van der Waals surface area contributed by atoms with E-state index in [2.05, 4.69) is 5.32 Å². The van der Waals surface area contributed by atoms with Crippen LogP contribution >= 0.6 is 0 Å². The van der Waals surface area contributed by atoms with Gasteiger partial charge in [-0.1, -0.05) is 6.07 Å². The van der Waals surface area contributed by atoms with Crippen LogP contribution in [0.2, 0.25) is 0 Å². The number of benzene rings is 1. The number of nitro benzene ring substituents is 1. The number of rotatable bonds is 6. The van der Waals surface area contributed by atoms with E-state index in [4.69, 9.17) is 4.74 Å². The fraction of sp³-hybridized carbons (Fsp3) is 0.500. The van der Waals surface area contributed by atoms with E-state index >= 15 is 0 Å². The monoisotopic (exact) mass is 356 g/mol. The quantitative estimate of drug-likeness (QED) is 0.453. The molecule has 0 radical (unpaired) electrons. The van der Waals surface area contributed by atoms with Crippen molar-refractivity contribution in [3.8, 4) is 0 Å². The van der Waals surface area contributed by atoms with E-state index in [0.717, 1.165) is 12.1 Å². The number of nitrogens with one attached hydrogen (secondary N) is 1. The van der Waals surface area contributed by atoms with Crippen molar-refractivity contribution in [3.05, 3.63) is 39.7 Å². The Morgan fingerprint density at radius 3 is 2.48 bits per heavy atom. The Balaban J connectivity index is 2.84. The number of esters is 1. The fourth-order valence-electron chi connectivity index (χ4n) is 1.96. The highest BCUT2D eigenvalue weighted by Crippen LogP contribution is 2.19. The summed E-state index contributed by atoms with van der Waals surface area (Å²) in [7, 11) is 0. The van der Waals surface area contributed by atoms with Gasteiger partial charge in [-0.2, -0.15) is 4.39 Å². The minimum atomic E-state index is -1.29. The van der Waals surface area contributed by atoms with Crippen molar-refractivity contribution < 1.29 is 28.7 Å². The second-order valence-electron chi connectivity index (χ2n) is 6.54. The average Bonchev–Trinajstić information content (AvgIpc) is 2.44. The lowest BCUT2D eigenvalue weighted by atomic mass is 10.1. The molecule has 0 bridgehead atoms. The highest BCUT2D eigenvalue weighted by Gasteiger charge is 2.30. The summed E-state index contributed by atoms with van der Waals surface area (Å²) in [5.74, 6) is -2.48. The van der Waals surface area contributed by atoms with Gasteiger partial charge in [0.1, 0.15) is 5.60 Å². The summed E-state index contributed by atoms with van der Waals surface area (Å²) >= 11 is 0. The Morgan fingerprint density at radius 2 is 2.00 bits per heavy atom. The summed E-state index contributed by atoms with van der Waals surface area (Å²) in [6.07, 6.45) is -1.53. The second kappa shape index (κ2) is 8.02. The number of carbonyl (C=O) groups excluding carboxylic acids is 2. The Morgan fingerprint density at radius 1 is 1.40 bits per heavy atom. The molecular formula is C16H21FN2O6. The number of carbonyl (C=O) groups is 2. The van der Waals surface area contributed by atoms with Crippen LogP contribution in [0.3, 0.4) is 0 Å². The van der Waals surface area contributed by atoms with Crippen LogP contribution in [-0.2, 0) is 20.7 Å². The zero-order valence-electron chi connectivity index (χ0n) is 14.4. The molecule has 8 nitrogen and oxygen atoms in total. The number of aliphatic hydroxyl groups excluding tert-OH is 1. The van der Waals surface area contributed by atoms with Gasteiger partial charge < -0.3 is 15.2 Å². The molecule has 0 saturated carbocycles. The van der Waals surface area contributed by atoms with Crippen molar-refractivity contribution in [2.45, 2.75) is 51.9 Å². The van der Waals surface area contributed by atoms with Gasteiger partial charge in [0.2, 0.25) is 11.7 Å². The van der Waals surface area contributed by atoms with Gasteiger partial charge in [0, 0.05) is 6.07 Å². The molecule has 2 unspecified atom stereocenters. The van der Waals surface area contributed by atoms with Crippen LogP contribution < -0.4 is 5.32 Å². The van der Waals surface area contributed by atoms with Crippen molar-refractivity contribution in [1.29, 1.82) is 0 Å². The molecule has 1 aromatic rings. The standard InChI is InChI=1S/C16H21FN2O6/c1-9(20)14(15(22)25-16(2,3)4)18-13(21)8-10-5-6-11(17)12(7-10)19(23)24/h5-7,9,14,20H,8H2,1-4H3,(H,18,21). The molecule has 0 aromatic heterocycles. The van der Waals surface area contributed by atoms with Crippen molar-refractivity contribution >= 4 is 17.6 Å². The SMILES string of the molecule is CC(O)C(NC(=O)Cc1ccc(F)c([N+](=O)[O-])c1)C(=O)OC(C)(C)C. The zero-order chi connectivity index (χ0) is 19.4. The highest BCUT2D eigenvalue weighted by atomic mass is 19.1. The predicted octanol–water partition coefficient (Wildman–Crippen LogP) is 1.48. The summed E-state index contributed by atoms with van der Waals surface area (Å²) in [5.41, 5.74) is -1.35. The highest BCUT2D eigenvalue weighted by molar-refractivity contribution is 5.86. The van der Waals surface area contributed by atoms with Gasteiger partial charge in [-0.3, -0.25) is 14.9 Å². The largest absolute Gasteiger partial charge is 0.458 e. The lowest BCUT2D eigenvalue weighted by molar-refractivity contribution is -0.387. The average molecular weight is 356 g/mol.